The molecular formula is C14H21N3O2S. The van der Waals surface area contributed by atoms with Crippen molar-refractivity contribution in [1.29, 1.82) is 0 Å². The molecule has 1 aromatic carbocycles. The molecule has 1 aliphatic carbocycles. The predicted octanol–water partition coefficient (Wildman–Crippen LogP) is 0.885. The molecule has 1 saturated heterocycles. The standard InChI is InChI=1S/C14H21N3O2S/c15-20(18,19)17-10-8-16(9-11-17)14-7-3-5-12-4-1-2-6-13(12)14/h1-2,4,6,14H,3,5,7-11H2,(H2,15,18,19)/t14-/m1/s1. The number of hydrogen-bond acceptors (Lipinski definition) is 3. The van der Waals surface area contributed by atoms with Crippen molar-refractivity contribution in [1.82, 2.24) is 9.21 Å². The van der Waals surface area contributed by atoms with Gasteiger partial charge >= 0.3 is 0 Å². The van der Waals surface area contributed by atoms with E-state index >= 15 is 0 Å². The van der Waals surface area contributed by atoms with Gasteiger partial charge in [-0.15, -0.1) is 0 Å². The number of hydrogen-bond donors (Lipinski definition) is 1. The minimum Gasteiger partial charge on any atom is -0.294 e. The van der Waals surface area contributed by atoms with E-state index in [1.165, 1.54) is 21.9 Å². The summed E-state index contributed by atoms with van der Waals surface area (Å²) in [6.07, 6.45) is 3.52. The summed E-state index contributed by atoms with van der Waals surface area (Å²) >= 11 is 0. The van der Waals surface area contributed by atoms with Gasteiger partial charge in [-0.1, -0.05) is 24.3 Å². The van der Waals surface area contributed by atoms with Crippen molar-refractivity contribution in [3.8, 4) is 0 Å². The second kappa shape index (κ2) is 5.44. The fourth-order valence-electron chi connectivity index (χ4n) is 3.38. The van der Waals surface area contributed by atoms with Gasteiger partial charge in [0.05, 0.1) is 0 Å². The minimum absolute atomic E-state index is 0.433. The molecule has 3 rings (SSSR count). The van der Waals surface area contributed by atoms with Crippen LogP contribution in [0.2, 0.25) is 0 Å². The Morgan fingerprint density at radius 3 is 2.50 bits per heavy atom. The molecule has 1 aromatic rings. The van der Waals surface area contributed by atoms with Gasteiger partial charge in [-0.25, -0.2) is 5.14 Å². The molecule has 0 aromatic heterocycles. The summed E-state index contributed by atoms with van der Waals surface area (Å²) in [7, 11) is -3.53. The average molecular weight is 295 g/mol. The van der Waals surface area contributed by atoms with E-state index in [1.54, 1.807) is 0 Å². The maximum Gasteiger partial charge on any atom is 0.276 e. The van der Waals surface area contributed by atoms with E-state index in [0.29, 0.717) is 19.1 Å². The summed E-state index contributed by atoms with van der Waals surface area (Å²) in [5, 5.41) is 5.19. The molecule has 1 fully saturated rings. The Bertz CT molecular complexity index is 580. The van der Waals surface area contributed by atoms with Gasteiger partial charge in [-0.3, -0.25) is 4.90 Å². The summed E-state index contributed by atoms with van der Waals surface area (Å²) < 4.78 is 24.1. The van der Waals surface area contributed by atoms with Crippen LogP contribution >= 0.6 is 0 Å². The maximum absolute atomic E-state index is 11.4. The molecule has 0 spiro atoms. The normalized spacial score (nSPS) is 25.4. The highest BCUT2D eigenvalue weighted by Gasteiger charge is 2.30. The molecule has 2 N–H and O–H groups in total. The molecule has 110 valence electrons. The molecular weight excluding hydrogens is 274 g/mol. The van der Waals surface area contributed by atoms with E-state index in [0.717, 1.165) is 25.9 Å². The van der Waals surface area contributed by atoms with Gasteiger partial charge in [0.2, 0.25) is 0 Å². The maximum atomic E-state index is 11.4. The van der Waals surface area contributed by atoms with Crippen LogP contribution in [0, 0.1) is 0 Å². The van der Waals surface area contributed by atoms with Gasteiger partial charge in [0.15, 0.2) is 0 Å². The molecule has 0 saturated carbocycles. The molecule has 0 radical (unpaired) electrons. The van der Waals surface area contributed by atoms with Crippen LogP contribution in [0.15, 0.2) is 24.3 Å². The summed E-state index contributed by atoms with van der Waals surface area (Å²) in [5.74, 6) is 0. The number of fused-ring (bicyclic) bond motifs is 1. The topological polar surface area (TPSA) is 66.6 Å². The first-order valence-electron chi connectivity index (χ1n) is 7.15. The van der Waals surface area contributed by atoms with Crippen molar-refractivity contribution in [3.05, 3.63) is 35.4 Å². The summed E-state index contributed by atoms with van der Waals surface area (Å²) in [6.45, 7) is 2.51. The first-order valence-corrected chi connectivity index (χ1v) is 8.66. The number of benzene rings is 1. The van der Waals surface area contributed by atoms with Crippen LogP contribution in [-0.2, 0) is 16.6 Å². The number of aryl methyl sites for hydroxylation is 1. The lowest BCUT2D eigenvalue weighted by molar-refractivity contribution is 0.125. The fourth-order valence-corrected chi connectivity index (χ4v) is 4.05. The van der Waals surface area contributed by atoms with Gasteiger partial charge in [-0.05, 0) is 30.4 Å². The summed E-state index contributed by atoms with van der Waals surface area (Å²) in [6, 6.07) is 9.05. The third kappa shape index (κ3) is 2.74. The minimum atomic E-state index is -3.53. The Hall–Kier alpha value is -0.950. The van der Waals surface area contributed by atoms with Crippen molar-refractivity contribution >= 4 is 10.2 Å². The number of nitrogens with zero attached hydrogens (tertiary/aromatic N) is 2. The van der Waals surface area contributed by atoms with Crippen molar-refractivity contribution in [2.24, 2.45) is 5.14 Å². The molecule has 0 unspecified atom stereocenters. The lowest BCUT2D eigenvalue weighted by atomic mass is 9.86. The third-order valence-electron chi connectivity index (χ3n) is 4.41. The predicted molar refractivity (Wildman–Crippen MR) is 78.4 cm³/mol. The number of rotatable bonds is 2. The molecule has 1 heterocycles. The molecule has 2 aliphatic rings. The highest BCUT2D eigenvalue weighted by atomic mass is 32.2. The van der Waals surface area contributed by atoms with E-state index < -0.39 is 10.2 Å². The first kappa shape index (κ1) is 14.0. The van der Waals surface area contributed by atoms with E-state index in [-0.39, 0.29) is 0 Å². The first-order chi connectivity index (χ1) is 9.55. The van der Waals surface area contributed by atoms with Gasteiger partial charge in [-0.2, -0.15) is 12.7 Å². The Morgan fingerprint density at radius 1 is 1.10 bits per heavy atom. The monoisotopic (exact) mass is 295 g/mol. The Morgan fingerprint density at radius 2 is 1.80 bits per heavy atom. The molecule has 0 bridgehead atoms. The van der Waals surface area contributed by atoms with Crippen LogP contribution in [0.1, 0.15) is 30.0 Å². The molecule has 0 amide bonds. The van der Waals surface area contributed by atoms with Gasteiger partial charge in [0.1, 0.15) is 0 Å². The summed E-state index contributed by atoms with van der Waals surface area (Å²) in [5.41, 5.74) is 2.86. The van der Waals surface area contributed by atoms with Crippen LogP contribution in [0.4, 0.5) is 0 Å². The van der Waals surface area contributed by atoms with Gasteiger partial charge in [0.25, 0.3) is 10.2 Å². The van der Waals surface area contributed by atoms with Crippen LogP contribution in [0.5, 0.6) is 0 Å². The second-order valence-electron chi connectivity index (χ2n) is 5.59. The Labute approximate surface area is 120 Å². The van der Waals surface area contributed by atoms with Gasteiger partial charge in [0, 0.05) is 32.2 Å². The van der Waals surface area contributed by atoms with Crippen LogP contribution < -0.4 is 5.14 Å². The van der Waals surface area contributed by atoms with Crippen LogP contribution in [0.3, 0.4) is 0 Å². The number of nitrogens with two attached hydrogens (primary N) is 1. The largest absolute Gasteiger partial charge is 0.294 e. The zero-order valence-corrected chi connectivity index (χ0v) is 12.3. The second-order valence-corrected chi connectivity index (χ2v) is 7.13. The lowest BCUT2D eigenvalue weighted by Gasteiger charge is -2.40. The van der Waals surface area contributed by atoms with Crippen molar-refractivity contribution in [3.63, 3.8) is 0 Å². The molecule has 6 heteroatoms. The van der Waals surface area contributed by atoms with E-state index in [4.69, 9.17) is 5.14 Å². The highest BCUT2D eigenvalue weighted by molar-refractivity contribution is 7.86. The molecule has 5 nitrogen and oxygen atoms in total. The Balaban J connectivity index is 1.74. The van der Waals surface area contributed by atoms with Crippen molar-refractivity contribution in [2.45, 2.75) is 25.3 Å². The molecule has 20 heavy (non-hydrogen) atoms. The highest BCUT2D eigenvalue weighted by Crippen LogP contribution is 2.34. The van der Waals surface area contributed by atoms with Crippen LogP contribution in [-0.4, -0.2) is 43.8 Å². The fraction of sp³-hybridized carbons (Fsp3) is 0.571. The SMILES string of the molecule is NS(=O)(=O)N1CCN([C@@H]2CCCc3ccccc32)CC1. The lowest BCUT2D eigenvalue weighted by Crippen LogP contribution is -2.51. The average Bonchev–Trinajstić information content (AvgIpc) is 2.46. The van der Waals surface area contributed by atoms with E-state index in [1.807, 2.05) is 0 Å². The number of piperazine rings is 1. The summed E-state index contributed by atoms with van der Waals surface area (Å²) in [4.78, 5) is 2.40. The molecule has 1 aliphatic heterocycles. The van der Waals surface area contributed by atoms with E-state index in [9.17, 15) is 8.42 Å². The quantitative estimate of drug-likeness (QED) is 0.881. The molecule has 1 atom stereocenters. The van der Waals surface area contributed by atoms with E-state index in [2.05, 4.69) is 29.2 Å². The Kier molecular flexibility index (Phi) is 3.81. The van der Waals surface area contributed by atoms with Gasteiger partial charge < -0.3 is 0 Å². The zero-order chi connectivity index (χ0) is 14.2. The third-order valence-corrected chi connectivity index (χ3v) is 5.50. The zero-order valence-electron chi connectivity index (χ0n) is 11.5. The van der Waals surface area contributed by atoms with Crippen molar-refractivity contribution in [2.75, 3.05) is 26.2 Å². The smallest absolute Gasteiger partial charge is 0.276 e. The van der Waals surface area contributed by atoms with Crippen LogP contribution in [0.25, 0.3) is 0 Å². The van der Waals surface area contributed by atoms with Crippen molar-refractivity contribution < 1.29 is 8.42 Å².